The molecule has 0 saturated carbocycles. The van der Waals surface area contributed by atoms with Gasteiger partial charge in [-0.3, -0.25) is 9.69 Å². The number of carbonyl (C=O) groups is 1. The summed E-state index contributed by atoms with van der Waals surface area (Å²) in [5, 5.41) is 0.999. The predicted octanol–water partition coefficient (Wildman–Crippen LogP) is 4.54. The van der Waals surface area contributed by atoms with Crippen molar-refractivity contribution in [3.63, 3.8) is 0 Å². The third kappa shape index (κ3) is 3.54. The SMILES string of the molecule is Cc1c(C(=O)N2CCCN(Cc3ccccc3F)CC2)oc2c(C)cccc12. The lowest BCUT2D eigenvalue weighted by Gasteiger charge is -2.21. The topological polar surface area (TPSA) is 36.7 Å². The van der Waals surface area contributed by atoms with Crippen molar-refractivity contribution in [3.8, 4) is 0 Å². The summed E-state index contributed by atoms with van der Waals surface area (Å²) in [4.78, 5) is 17.2. The van der Waals surface area contributed by atoms with Gasteiger partial charge in [0.15, 0.2) is 5.76 Å². The lowest BCUT2D eigenvalue weighted by molar-refractivity contribution is 0.0730. The molecule has 4 rings (SSSR count). The maximum absolute atomic E-state index is 13.9. The Morgan fingerprint density at radius 1 is 1.04 bits per heavy atom. The van der Waals surface area contributed by atoms with E-state index in [1.807, 2.05) is 49.1 Å². The molecule has 1 saturated heterocycles. The predicted molar refractivity (Wildman–Crippen MR) is 108 cm³/mol. The number of hydrogen-bond acceptors (Lipinski definition) is 3. The lowest BCUT2D eigenvalue weighted by Crippen LogP contribution is -2.35. The van der Waals surface area contributed by atoms with Gasteiger partial charge in [0.2, 0.25) is 0 Å². The molecule has 5 heteroatoms. The van der Waals surface area contributed by atoms with Gasteiger partial charge in [-0.25, -0.2) is 4.39 Å². The monoisotopic (exact) mass is 380 g/mol. The maximum Gasteiger partial charge on any atom is 0.289 e. The van der Waals surface area contributed by atoms with Crippen molar-refractivity contribution in [1.82, 2.24) is 9.80 Å². The largest absolute Gasteiger partial charge is 0.450 e. The molecule has 28 heavy (non-hydrogen) atoms. The molecule has 0 atom stereocenters. The van der Waals surface area contributed by atoms with Gasteiger partial charge < -0.3 is 9.32 Å². The first-order valence-corrected chi connectivity index (χ1v) is 9.78. The number of halogens is 1. The number of furan rings is 1. The highest BCUT2D eigenvalue weighted by Gasteiger charge is 2.26. The van der Waals surface area contributed by atoms with E-state index in [1.165, 1.54) is 6.07 Å². The molecule has 0 N–H and O–H groups in total. The standard InChI is InChI=1S/C23H25FN2O2/c1-16-7-5-9-19-17(2)22(28-21(16)19)23(27)26-12-6-11-25(13-14-26)15-18-8-3-4-10-20(18)24/h3-5,7-10H,6,11-15H2,1-2H3. The lowest BCUT2D eigenvalue weighted by atomic mass is 10.1. The molecule has 0 radical (unpaired) electrons. The number of amides is 1. The minimum atomic E-state index is -0.173. The summed E-state index contributed by atoms with van der Waals surface area (Å²) in [7, 11) is 0. The Kier molecular flexibility index (Phi) is 5.18. The van der Waals surface area contributed by atoms with Gasteiger partial charge in [-0.2, -0.15) is 0 Å². The number of carbonyl (C=O) groups excluding carboxylic acids is 1. The van der Waals surface area contributed by atoms with E-state index >= 15 is 0 Å². The third-order valence-electron chi connectivity index (χ3n) is 5.58. The Morgan fingerprint density at radius 3 is 2.64 bits per heavy atom. The average Bonchev–Trinajstić information content (AvgIpc) is 2.87. The van der Waals surface area contributed by atoms with Gasteiger partial charge >= 0.3 is 0 Å². The minimum Gasteiger partial charge on any atom is -0.450 e. The van der Waals surface area contributed by atoms with Crippen LogP contribution in [0.4, 0.5) is 4.39 Å². The number of benzene rings is 2. The number of aryl methyl sites for hydroxylation is 2. The average molecular weight is 380 g/mol. The van der Waals surface area contributed by atoms with E-state index in [1.54, 1.807) is 6.07 Å². The van der Waals surface area contributed by atoms with E-state index in [0.29, 0.717) is 31.0 Å². The number of nitrogens with zero attached hydrogens (tertiary/aromatic N) is 2. The van der Waals surface area contributed by atoms with E-state index in [-0.39, 0.29) is 11.7 Å². The first kappa shape index (κ1) is 18.7. The smallest absolute Gasteiger partial charge is 0.289 e. The summed E-state index contributed by atoms with van der Waals surface area (Å²) in [6, 6.07) is 12.9. The second-order valence-electron chi connectivity index (χ2n) is 7.52. The summed E-state index contributed by atoms with van der Waals surface area (Å²) >= 11 is 0. The van der Waals surface area contributed by atoms with Crippen LogP contribution in [0.1, 0.15) is 33.7 Å². The Hall–Kier alpha value is -2.66. The van der Waals surface area contributed by atoms with Crippen molar-refractivity contribution in [1.29, 1.82) is 0 Å². The zero-order chi connectivity index (χ0) is 19.7. The van der Waals surface area contributed by atoms with Crippen LogP contribution < -0.4 is 0 Å². The van der Waals surface area contributed by atoms with Crippen molar-refractivity contribution >= 4 is 16.9 Å². The van der Waals surface area contributed by atoms with E-state index in [9.17, 15) is 9.18 Å². The molecule has 146 valence electrons. The van der Waals surface area contributed by atoms with Crippen LogP contribution in [0.15, 0.2) is 46.9 Å². The van der Waals surface area contributed by atoms with Crippen LogP contribution in [0.25, 0.3) is 11.0 Å². The fraction of sp³-hybridized carbons (Fsp3) is 0.348. The summed E-state index contributed by atoms with van der Waals surface area (Å²) in [5.41, 5.74) is 3.42. The van der Waals surface area contributed by atoms with Crippen molar-refractivity contribution in [2.24, 2.45) is 0 Å². The van der Waals surface area contributed by atoms with Crippen LogP contribution >= 0.6 is 0 Å². The van der Waals surface area contributed by atoms with Crippen molar-refractivity contribution in [2.45, 2.75) is 26.8 Å². The van der Waals surface area contributed by atoms with Gasteiger partial charge in [0.05, 0.1) is 0 Å². The fourth-order valence-corrected chi connectivity index (χ4v) is 3.93. The second-order valence-corrected chi connectivity index (χ2v) is 7.52. The first-order valence-electron chi connectivity index (χ1n) is 9.78. The van der Waals surface area contributed by atoms with Crippen LogP contribution in [0.2, 0.25) is 0 Å². The van der Waals surface area contributed by atoms with Gasteiger partial charge in [0.25, 0.3) is 5.91 Å². The van der Waals surface area contributed by atoms with E-state index in [4.69, 9.17) is 4.42 Å². The van der Waals surface area contributed by atoms with Crippen molar-refractivity contribution < 1.29 is 13.6 Å². The zero-order valence-electron chi connectivity index (χ0n) is 16.4. The van der Waals surface area contributed by atoms with E-state index < -0.39 is 0 Å². The first-order chi connectivity index (χ1) is 13.5. The molecule has 4 nitrogen and oxygen atoms in total. The summed E-state index contributed by atoms with van der Waals surface area (Å²) in [5.74, 6) is 0.209. The molecule has 1 aliphatic rings. The molecular weight excluding hydrogens is 355 g/mol. The van der Waals surface area contributed by atoms with Crippen LogP contribution in [-0.2, 0) is 6.54 Å². The molecule has 2 aromatic carbocycles. The number of fused-ring (bicyclic) bond motifs is 1. The Labute approximate surface area is 164 Å². The maximum atomic E-state index is 13.9. The van der Waals surface area contributed by atoms with Gasteiger partial charge in [0, 0.05) is 49.2 Å². The van der Waals surface area contributed by atoms with Crippen LogP contribution in [0, 0.1) is 19.7 Å². The van der Waals surface area contributed by atoms with Crippen LogP contribution in [0.5, 0.6) is 0 Å². The molecule has 3 aromatic rings. The van der Waals surface area contributed by atoms with Crippen LogP contribution in [0.3, 0.4) is 0 Å². The fourth-order valence-electron chi connectivity index (χ4n) is 3.93. The van der Waals surface area contributed by atoms with E-state index in [0.717, 1.165) is 41.6 Å². The van der Waals surface area contributed by atoms with Crippen molar-refractivity contribution in [2.75, 3.05) is 26.2 Å². The molecule has 1 fully saturated rings. The zero-order valence-corrected chi connectivity index (χ0v) is 16.4. The van der Waals surface area contributed by atoms with Gasteiger partial charge in [-0.15, -0.1) is 0 Å². The van der Waals surface area contributed by atoms with Gasteiger partial charge in [0.1, 0.15) is 11.4 Å². The molecule has 1 amide bonds. The van der Waals surface area contributed by atoms with Gasteiger partial charge in [-0.1, -0.05) is 36.4 Å². The highest BCUT2D eigenvalue weighted by molar-refractivity contribution is 5.99. The molecule has 0 unspecified atom stereocenters. The van der Waals surface area contributed by atoms with E-state index in [2.05, 4.69) is 4.90 Å². The molecule has 1 aliphatic heterocycles. The number of rotatable bonds is 3. The number of hydrogen-bond donors (Lipinski definition) is 0. The molecule has 2 heterocycles. The highest BCUT2D eigenvalue weighted by atomic mass is 19.1. The van der Waals surface area contributed by atoms with Gasteiger partial charge in [-0.05, 0) is 31.9 Å². The molecule has 0 spiro atoms. The Bertz CT molecular complexity index is 1010. The molecular formula is C23H25FN2O2. The quantitative estimate of drug-likeness (QED) is 0.670. The van der Waals surface area contributed by atoms with Crippen LogP contribution in [-0.4, -0.2) is 41.9 Å². The molecule has 1 aromatic heterocycles. The second kappa shape index (κ2) is 7.76. The number of para-hydroxylation sites is 1. The molecule has 0 aliphatic carbocycles. The Morgan fingerprint density at radius 2 is 1.86 bits per heavy atom. The Balaban J connectivity index is 1.49. The molecule has 0 bridgehead atoms. The highest BCUT2D eigenvalue weighted by Crippen LogP contribution is 2.28. The summed E-state index contributed by atoms with van der Waals surface area (Å²) in [6.45, 7) is 7.37. The van der Waals surface area contributed by atoms with Crippen molar-refractivity contribution in [3.05, 3.63) is 70.7 Å². The summed E-state index contributed by atoms with van der Waals surface area (Å²) < 4.78 is 19.9. The normalized spacial score (nSPS) is 15.8. The minimum absolute atomic E-state index is 0.0548. The summed E-state index contributed by atoms with van der Waals surface area (Å²) in [6.07, 6.45) is 0.860. The third-order valence-corrected chi connectivity index (χ3v) is 5.58.